The molecule has 1 rings (SSSR count). The Bertz CT molecular complexity index is 284. The van der Waals surface area contributed by atoms with Gasteiger partial charge >= 0.3 is 0 Å². The second-order valence-corrected chi connectivity index (χ2v) is 4.93. The third-order valence-electron chi connectivity index (χ3n) is 1.83. The molecule has 1 aliphatic heterocycles. The van der Waals surface area contributed by atoms with E-state index in [9.17, 15) is 12.8 Å². The Balaban J connectivity index is 2.74. The van der Waals surface area contributed by atoms with Crippen LogP contribution in [0, 0.1) is 0 Å². The first-order valence-corrected chi connectivity index (χ1v) is 5.49. The van der Waals surface area contributed by atoms with Crippen molar-refractivity contribution in [1.29, 1.82) is 0 Å². The van der Waals surface area contributed by atoms with Gasteiger partial charge in [0.2, 0.25) is 10.0 Å². The fourth-order valence-corrected chi connectivity index (χ4v) is 2.17. The monoisotopic (exact) mass is 193 g/mol. The van der Waals surface area contributed by atoms with E-state index >= 15 is 0 Å². The topological polar surface area (TPSA) is 37.4 Å². The molecule has 0 unspecified atom stereocenters. The van der Waals surface area contributed by atoms with Crippen molar-refractivity contribution in [2.45, 2.75) is 13.3 Å². The van der Waals surface area contributed by atoms with Gasteiger partial charge in [0, 0.05) is 6.54 Å². The van der Waals surface area contributed by atoms with Crippen LogP contribution in [0.25, 0.3) is 0 Å². The van der Waals surface area contributed by atoms with Crippen LogP contribution in [0.1, 0.15) is 13.3 Å². The predicted molar refractivity (Wildman–Crippen MR) is 44.8 cm³/mol. The van der Waals surface area contributed by atoms with Crippen LogP contribution >= 0.6 is 0 Å². The SMILES string of the molecule is CCS(=O)(=O)N1CCC=C(F)C1. The quantitative estimate of drug-likeness (QED) is 0.653. The number of halogens is 1. The molecule has 1 aliphatic rings. The summed E-state index contributed by atoms with van der Waals surface area (Å²) in [5, 5.41) is 0. The minimum absolute atomic E-state index is 0.0419. The molecule has 0 saturated carbocycles. The number of sulfonamides is 1. The van der Waals surface area contributed by atoms with Gasteiger partial charge in [-0.15, -0.1) is 0 Å². The van der Waals surface area contributed by atoms with E-state index in [0.717, 1.165) is 0 Å². The molecule has 0 bridgehead atoms. The van der Waals surface area contributed by atoms with Crippen molar-refractivity contribution in [2.24, 2.45) is 0 Å². The highest BCUT2D eigenvalue weighted by atomic mass is 32.2. The van der Waals surface area contributed by atoms with Gasteiger partial charge in [-0.2, -0.15) is 4.31 Å². The third-order valence-corrected chi connectivity index (χ3v) is 3.66. The molecule has 0 radical (unpaired) electrons. The lowest BCUT2D eigenvalue weighted by Crippen LogP contribution is -2.36. The summed E-state index contributed by atoms with van der Waals surface area (Å²) in [4.78, 5) is 0. The second kappa shape index (κ2) is 3.53. The zero-order valence-electron chi connectivity index (χ0n) is 6.96. The molecule has 0 atom stereocenters. The molecule has 0 amide bonds. The molecule has 0 aromatic heterocycles. The molecule has 3 nitrogen and oxygen atoms in total. The van der Waals surface area contributed by atoms with E-state index in [4.69, 9.17) is 0 Å². The van der Waals surface area contributed by atoms with E-state index in [0.29, 0.717) is 13.0 Å². The first-order chi connectivity index (χ1) is 5.56. The molecule has 0 aliphatic carbocycles. The van der Waals surface area contributed by atoms with Crippen LogP contribution in [-0.4, -0.2) is 31.6 Å². The molecule has 70 valence electrons. The molecule has 0 aromatic rings. The summed E-state index contributed by atoms with van der Waals surface area (Å²) in [5.74, 6) is -0.307. The van der Waals surface area contributed by atoms with Gasteiger partial charge in [-0.3, -0.25) is 0 Å². The van der Waals surface area contributed by atoms with Crippen molar-refractivity contribution in [3.05, 3.63) is 11.9 Å². The lowest BCUT2D eigenvalue weighted by molar-refractivity contribution is 0.389. The standard InChI is InChI=1S/C7H12FNO2S/c1-2-12(10,11)9-5-3-4-7(8)6-9/h4H,2-3,5-6H2,1H3. The van der Waals surface area contributed by atoms with Crippen LogP contribution < -0.4 is 0 Å². The highest BCUT2D eigenvalue weighted by Crippen LogP contribution is 2.14. The normalized spacial score (nSPS) is 20.7. The summed E-state index contributed by atoms with van der Waals surface area (Å²) in [5.41, 5.74) is 0. The Kier molecular flexibility index (Phi) is 2.85. The summed E-state index contributed by atoms with van der Waals surface area (Å²) in [6.07, 6.45) is 1.91. The smallest absolute Gasteiger partial charge is 0.212 e. The zero-order chi connectivity index (χ0) is 9.19. The summed E-state index contributed by atoms with van der Waals surface area (Å²) in [7, 11) is -3.20. The first kappa shape index (κ1) is 9.67. The average Bonchev–Trinajstić information content (AvgIpc) is 2.05. The van der Waals surface area contributed by atoms with E-state index in [1.807, 2.05) is 0 Å². The van der Waals surface area contributed by atoms with Crippen LogP contribution in [0.15, 0.2) is 11.9 Å². The van der Waals surface area contributed by atoms with E-state index in [2.05, 4.69) is 0 Å². The van der Waals surface area contributed by atoms with Gasteiger partial charge in [0.25, 0.3) is 0 Å². The fraction of sp³-hybridized carbons (Fsp3) is 0.714. The number of hydrogen-bond donors (Lipinski definition) is 0. The van der Waals surface area contributed by atoms with Gasteiger partial charge in [0.15, 0.2) is 0 Å². The molecule has 0 fully saturated rings. The van der Waals surface area contributed by atoms with Gasteiger partial charge in [-0.1, -0.05) is 6.08 Å². The number of rotatable bonds is 2. The second-order valence-electron chi connectivity index (χ2n) is 2.67. The Morgan fingerprint density at radius 2 is 2.33 bits per heavy atom. The zero-order valence-corrected chi connectivity index (χ0v) is 7.77. The van der Waals surface area contributed by atoms with Crippen LogP contribution in [-0.2, 0) is 10.0 Å². The van der Waals surface area contributed by atoms with Gasteiger partial charge in [0.1, 0.15) is 5.83 Å². The summed E-state index contributed by atoms with van der Waals surface area (Å²) in [6.45, 7) is 1.88. The van der Waals surface area contributed by atoms with Crippen molar-refractivity contribution < 1.29 is 12.8 Å². The lowest BCUT2D eigenvalue weighted by atomic mass is 10.3. The van der Waals surface area contributed by atoms with Crippen molar-refractivity contribution in [2.75, 3.05) is 18.8 Å². The maximum atomic E-state index is 12.7. The summed E-state index contributed by atoms with van der Waals surface area (Å²) < 4.78 is 36.3. The van der Waals surface area contributed by atoms with Crippen LogP contribution in [0.5, 0.6) is 0 Å². The summed E-state index contributed by atoms with van der Waals surface area (Å²) >= 11 is 0. The van der Waals surface area contributed by atoms with Crippen LogP contribution in [0.3, 0.4) is 0 Å². The van der Waals surface area contributed by atoms with Gasteiger partial charge in [0.05, 0.1) is 12.3 Å². The van der Waals surface area contributed by atoms with Crippen LogP contribution in [0.2, 0.25) is 0 Å². The molecule has 0 aromatic carbocycles. The third kappa shape index (κ3) is 2.04. The molecule has 0 N–H and O–H groups in total. The Labute approximate surface area is 71.9 Å². The van der Waals surface area contributed by atoms with Gasteiger partial charge in [-0.05, 0) is 13.3 Å². The molecule has 0 saturated heterocycles. The first-order valence-electron chi connectivity index (χ1n) is 3.88. The predicted octanol–water partition coefficient (Wildman–Crippen LogP) is 0.895. The Morgan fingerprint density at radius 1 is 1.67 bits per heavy atom. The highest BCUT2D eigenvalue weighted by Gasteiger charge is 2.22. The van der Waals surface area contributed by atoms with E-state index in [-0.39, 0.29) is 18.1 Å². The van der Waals surface area contributed by atoms with E-state index in [1.165, 1.54) is 10.4 Å². The van der Waals surface area contributed by atoms with Crippen molar-refractivity contribution in [1.82, 2.24) is 4.31 Å². The van der Waals surface area contributed by atoms with E-state index < -0.39 is 10.0 Å². The maximum Gasteiger partial charge on any atom is 0.214 e. The Morgan fingerprint density at radius 3 is 2.83 bits per heavy atom. The fourth-order valence-electron chi connectivity index (χ4n) is 1.10. The molecular formula is C7H12FNO2S. The Hall–Kier alpha value is -0.420. The molecule has 1 heterocycles. The minimum Gasteiger partial charge on any atom is -0.212 e. The average molecular weight is 193 g/mol. The lowest BCUT2D eigenvalue weighted by Gasteiger charge is -2.22. The van der Waals surface area contributed by atoms with Gasteiger partial charge in [-0.25, -0.2) is 12.8 Å². The molecule has 0 spiro atoms. The summed E-state index contributed by atoms with van der Waals surface area (Å²) in [6, 6.07) is 0. The van der Waals surface area contributed by atoms with Crippen molar-refractivity contribution in [3.63, 3.8) is 0 Å². The highest BCUT2D eigenvalue weighted by molar-refractivity contribution is 7.89. The van der Waals surface area contributed by atoms with E-state index in [1.54, 1.807) is 6.92 Å². The molecular weight excluding hydrogens is 181 g/mol. The minimum atomic E-state index is -3.20. The van der Waals surface area contributed by atoms with Crippen LogP contribution in [0.4, 0.5) is 4.39 Å². The van der Waals surface area contributed by atoms with Crippen molar-refractivity contribution >= 4 is 10.0 Å². The largest absolute Gasteiger partial charge is 0.214 e. The maximum absolute atomic E-state index is 12.7. The molecule has 12 heavy (non-hydrogen) atoms. The van der Waals surface area contributed by atoms with Crippen molar-refractivity contribution in [3.8, 4) is 0 Å². The number of hydrogen-bond acceptors (Lipinski definition) is 2. The van der Waals surface area contributed by atoms with Gasteiger partial charge < -0.3 is 0 Å². The number of nitrogens with zero attached hydrogens (tertiary/aromatic N) is 1. The molecule has 5 heteroatoms.